The first-order chi connectivity index (χ1) is 8.63. The standard InChI is InChI=1S/C12H14Cl2N4/c1-8(2)6-10-9(7-13)12(14)18(17-10)11-4-3-5-15-16-11/h3-5,8H,6-7H2,1-2H3. The van der Waals surface area contributed by atoms with Gasteiger partial charge >= 0.3 is 0 Å². The van der Waals surface area contributed by atoms with E-state index in [4.69, 9.17) is 23.2 Å². The van der Waals surface area contributed by atoms with Crippen LogP contribution in [0.4, 0.5) is 0 Å². The molecule has 0 spiro atoms. The molecule has 4 nitrogen and oxygen atoms in total. The summed E-state index contributed by atoms with van der Waals surface area (Å²) in [5, 5.41) is 12.8. The number of alkyl halides is 1. The molecule has 0 aromatic carbocycles. The molecule has 96 valence electrons. The number of halogens is 2. The van der Waals surface area contributed by atoms with Crippen LogP contribution >= 0.6 is 23.2 Å². The number of nitrogens with zero attached hydrogens (tertiary/aromatic N) is 4. The summed E-state index contributed by atoms with van der Waals surface area (Å²) < 4.78 is 1.59. The van der Waals surface area contributed by atoms with Crippen LogP contribution in [0.3, 0.4) is 0 Å². The highest BCUT2D eigenvalue weighted by Gasteiger charge is 2.17. The zero-order valence-corrected chi connectivity index (χ0v) is 11.8. The second-order valence-corrected chi connectivity index (χ2v) is 5.07. The van der Waals surface area contributed by atoms with Crippen LogP contribution in [0.2, 0.25) is 5.15 Å². The second kappa shape index (κ2) is 5.67. The molecule has 0 unspecified atom stereocenters. The Bertz CT molecular complexity index is 522. The monoisotopic (exact) mass is 284 g/mol. The summed E-state index contributed by atoms with van der Waals surface area (Å²) in [6.45, 7) is 4.26. The van der Waals surface area contributed by atoms with Gasteiger partial charge in [0, 0.05) is 11.8 Å². The van der Waals surface area contributed by atoms with Gasteiger partial charge in [0.15, 0.2) is 5.82 Å². The maximum atomic E-state index is 6.30. The Hall–Kier alpha value is -1.13. The normalized spacial score (nSPS) is 11.2. The van der Waals surface area contributed by atoms with E-state index in [9.17, 15) is 0 Å². The number of hydrogen-bond acceptors (Lipinski definition) is 3. The van der Waals surface area contributed by atoms with Gasteiger partial charge in [-0.3, -0.25) is 0 Å². The molecule has 0 aliphatic rings. The molecular weight excluding hydrogens is 271 g/mol. The summed E-state index contributed by atoms with van der Waals surface area (Å²) in [5.41, 5.74) is 1.80. The van der Waals surface area contributed by atoms with Crippen molar-refractivity contribution in [2.24, 2.45) is 5.92 Å². The van der Waals surface area contributed by atoms with Crippen molar-refractivity contribution in [2.75, 3.05) is 0 Å². The molecule has 0 saturated carbocycles. The average molecular weight is 285 g/mol. The summed E-state index contributed by atoms with van der Waals surface area (Å²) >= 11 is 12.2. The summed E-state index contributed by atoms with van der Waals surface area (Å²) in [5.74, 6) is 1.44. The van der Waals surface area contributed by atoms with Crippen LogP contribution in [0.15, 0.2) is 18.3 Å². The lowest BCUT2D eigenvalue weighted by atomic mass is 10.1. The summed E-state index contributed by atoms with van der Waals surface area (Å²) in [4.78, 5) is 0. The fourth-order valence-corrected chi connectivity index (χ4v) is 2.36. The fourth-order valence-electron chi connectivity index (χ4n) is 1.71. The number of aromatic nitrogens is 4. The highest BCUT2D eigenvalue weighted by Crippen LogP contribution is 2.26. The largest absolute Gasteiger partial charge is 0.201 e. The minimum absolute atomic E-state index is 0.348. The van der Waals surface area contributed by atoms with E-state index in [1.165, 1.54) is 0 Å². The average Bonchev–Trinajstić information content (AvgIpc) is 2.66. The van der Waals surface area contributed by atoms with Gasteiger partial charge in [-0.25, -0.2) is 4.68 Å². The molecule has 0 N–H and O–H groups in total. The first kappa shape index (κ1) is 13.3. The minimum atomic E-state index is 0.348. The van der Waals surface area contributed by atoms with Crippen molar-refractivity contribution in [3.63, 3.8) is 0 Å². The molecule has 0 saturated heterocycles. The van der Waals surface area contributed by atoms with Crippen LogP contribution in [-0.4, -0.2) is 20.0 Å². The Balaban J connectivity index is 2.47. The van der Waals surface area contributed by atoms with Crippen LogP contribution in [-0.2, 0) is 12.3 Å². The third-order valence-electron chi connectivity index (χ3n) is 2.51. The van der Waals surface area contributed by atoms with Crippen molar-refractivity contribution >= 4 is 23.2 Å². The van der Waals surface area contributed by atoms with Crippen LogP contribution in [0.25, 0.3) is 5.82 Å². The third kappa shape index (κ3) is 2.65. The van der Waals surface area contributed by atoms with E-state index in [1.807, 2.05) is 6.07 Å². The van der Waals surface area contributed by atoms with Gasteiger partial charge < -0.3 is 0 Å². The molecule has 0 bridgehead atoms. The van der Waals surface area contributed by atoms with Crippen molar-refractivity contribution in [1.82, 2.24) is 20.0 Å². The maximum Gasteiger partial charge on any atom is 0.177 e. The smallest absolute Gasteiger partial charge is 0.177 e. The van der Waals surface area contributed by atoms with Gasteiger partial charge in [0.25, 0.3) is 0 Å². The van der Waals surface area contributed by atoms with Crippen molar-refractivity contribution in [3.05, 3.63) is 34.7 Å². The van der Waals surface area contributed by atoms with Gasteiger partial charge in [0.05, 0.1) is 11.6 Å². The van der Waals surface area contributed by atoms with Crippen LogP contribution in [0, 0.1) is 5.92 Å². The minimum Gasteiger partial charge on any atom is -0.201 e. The molecule has 0 aliphatic heterocycles. The van der Waals surface area contributed by atoms with E-state index in [2.05, 4.69) is 29.1 Å². The summed E-state index contributed by atoms with van der Waals surface area (Å²) in [7, 11) is 0. The van der Waals surface area contributed by atoms with E-state index in [1.54, 1.807) is 16.9 Å². The van der Waals surface area contributed by atoms with E-state index < -0.39 is 0 Å². The third-order valence-corrected chi connectivity index (χ3v) is 3.17. The Morgan fingerprint density at radius 1 is 1.39 bits per heavy atom. The van der Waals surface area contributed by atoms with Gasteiger partial charge in [-0.1, -0.05) is 25.4 Å². The second-order valence-electron chi connectivity index (χ2n) is 4.44. The van der Waals surface area contributed by atoms with Gasteiger partial charge in [-0.05, 0) is 24.5 Å². The zero-order valence-electron chi connectivity index (χ0n) is 10.3. The van der Waals surface area contributed by atoms with Crippen molar-refractivity contribution in [1.29, 1.82) is 0 Å². The Morgan fingerprint density at radius 3 is 2.72 bits per heavy atom. The predicted octanol–water partition coefficient (Wildman–Crippen LogP) is 3.25. The van der Waals surface area contributed by atoms with Crippen molar-refractivity contribution < 1.29 is 0 Å². The first-order valence-electron chi connectivity index (χ1n) is 5.73. The highest BCUT2D eigenvalue weighted by atomic mass is 35.5. The van der Waals surface area contributed by atoms with Gasteiger partial charge in [0.2, 0.25) is 0 Å². The molecule has 2 aromatic heterocycles. The Labute approximate surface area is 116 Å². The molecule has 0 radical (unpaired) electrons. The van der Waals surface area contributed by atoms with E-state index in [0.717, 1.165) is 17.7 Å². The molecule has 0 aliphatic carbocycles. The van der Waals surface area contributed by atoms with E-state index in [0.29, 0.717) is 22.8 Å². The van der Waals surface area contributed by atoms with Crippen molar-refractivity contribution in [3.8, 4) is 5.82 Å². The lowest BCUT2D eigenvalue weighted by Gasteiger charge is -2.02. The molecule has 18 heavy (non-hydrogen) atoms. The Morgan fingerprint density at radius 2 is 2.17 bits per heavy atom. The van der Waals surface area contributed by atoms with E-state index in [-0.39, 0.29) is 0 Å². The molecule has 0 fully saturated rings. The first-order valence-corrected chi connectivity index (χ1v) is 6.65. The van der Waals surface area contributed by atoms with Gasteiger partial charge in [0.1, 0.15) is 5.15 Å². The Kier molecular flexibility index (Phi) is 4.19. The fraction of sp³-hybridized carbons (Fsp3) is 0.417. The van der Waals surface area contributed by atoms with Gasteiger partial charge in [-0.2, -0.15) is 10.2 Å². The summed E-state index contributed by atoms with van der Waals surface area (Å²) in [6, 6.07) is 3.60. The highest BCUT2D eigenvalue weighted by molar-refractivity contribution is 6.31. The van der Waals surface area contributed by atoms with Crippen molar-refractivity contribution in [2.45, 2.75) is 26.1 Å². The van der Waals surface area contributed by atoms with Crippen LogP contribution < -0.4 is 0 Å². The molecular formula is C12H14Cl2N4. The quantitative estimate of drug-likeness (QED) is 0.810. The zero-order chi connectivity index (χ0) is 13.1. The molecule has 0 atom stereocenters. The number of hydrogen-bond donors (Lipinski definition) is 0. The molecule has 2 heterocycles. The number of rotatable bonds is 4. The SMILES string of the molecule is CC(C)Cc1nn(-c2cccnn2)c(Cl)c1CCl. The molecule has 2 aromatic rings. The topological polar surface area (TPSA) is 43.6 Å². The molecule has 6 heteroatoms. The lowest BCUT2D eigenvalue weighted by Crippen LogP contribution is -2.02. The van der Waals surface area contributed by atoms with E-state index >= 15 is 0 Å². The maximum absolute atomic E-state index is 6.30. The lowest BCUT2D eigenvalue weighted by molar-refractivity contribution is 0.624. The van der Waals surface area contributed by atoms with Crippen LogP contribution in [0.1, 0.15) is 25.1 Å². The predicted molar refractivity (Wildman–Crippen MR) is 72.3 cm³/mol. The van der Waals surface area contributed by atoms with Crippen LogP contribution in [0.5, 0.6) is 0 Å². The molecule has 0 amide bonds. The molecule has 2 rings (SSSR count). The van der Waals surface area contributed by atoms with Gasteiger partial charge in [-0.15, -0.1) is 16.7 Å². The summed E-state index contributed by atoms with van der Waals surface area (Å²) in [6.07, 6.45) is 2.45.